The molecule has 1 atom stereocenters. The minimum absolute atomic E-state index is 0.168. The number of carbonyl (C=O) groups excluding carboxylic acids is 1. The lowest BCUT2D eigenvalue weighted by atomic mass is 9.89. The van der Waals surface area contributed by atoms with Crippen molar-refractivity contribution in [2.24, 2.45) is 0 Å². The topological polar surface area (TPSA) is 20.3 Å². The van der Waals surface area contributed by atoms with Gasteiger partial charge in [0.2, 0.25) is 0 Å². The second-order valence-corrected chi connectivity index (χ2v) is 3.52. The van der Waals surface area contributed by atoms with E-state index in [4.69, 9.17) is 0 Å². The molecule has 64 valence electrons. The fourth-order valence-corrected chi connectivity index (χ4v) is 1.50. The van der Waals surface area contributed by atoms with Gasteiger partial charge >= 0.3 is 0 Å². The molecule has 2 nitrogen and oxygen atoms in total. The minimum atomic E-state index is -0.168. The van der Waals surface area contributed by atoms with Gasteiger partial charge in [-0.15, -0.1) is 0 Å². The molecule has 1 heterocycles. The summed E-state index contributed by atoms with van der Waals surface area (Å²) < 4.78 is 0. The van der Waals surface area contributed by atoms with Gasteiger partial charge in [-0.05, 0) is 26.7 Å². The Hall–Kier alpha value is -0.370. The van der Waals surface area contributed by atoms with Crippen molar-refractivity contribution in [2.75, 3.05) is 13.1 Å². The Kier molecular flexibility index (Phi) is 2.33. The molecular weight excluding hydrogens is 138 g/mol. The predicted octanol–water partition coefficient (Wildman–Crippen LogP) is 1.45. The van der Waals surface area contributed by atoms with Crippen LogP contribution in [0, 0.1) is 0 Å². The summed E-state index contributed by atoms with van der Waals surface area (Å²) in [5, 5.41) is 0. The third-order valence-electron chi connectivity index (χ3n) is 3.00. The zero-order valence-electron chi connectivity index (χ0n) is 7.68. The molecular formula is C9H17NO. The van der Waals surface area contributed by atoms with Crippen LogP contribution in [-0.4, -0.2) is 29.3 Å². The zero-order valence-corrected chi connectivity index (χ0v) is 7.68. The van der Waals surface area contributed by atoms with Crippen LogP contribution >= 0.6 is 0 Å². The molecule has 0 aromatic carbocycles. The van der Waals surface area contributed by atoms with Crippen LogP contribution in [0.15, 0.2) is 0 Å². The molecule has 1 unspecified atom stereocenters. The van der Waals surface area contributed by atoms with Gasteiger partial charge in [-0.1, -0.05) is 6.92 Å². The number of nitrogens with zero attached hydrogens (tertiary/aromatic N) is 1. The third-order valence-corrected chi connectivity index (χ3v) is 3.00. The van der Waals surface area contributed by atoms with Gasteiger partial charge in [0.1, 0.15) is 5.78 Å². The molecule has 0 aliphatic carbocycles. The average molecular weight is 155 g/mol. The number of ketones is 1. The van der Waals surface area contributed by atoms with Crippen molar-refractivity contribution in [3.63, 3.8) is 0 Å². The molecule has 0 amide bonds. The van der Waals surface area contributed by atoms with Gasteiger partial charge in [-0.3, -0.25) is 9.69 Å². The van der Waals surface area contributed by atoms with Crippen molar-refractivity contribution in [1.82, 2.24) is 4.90 Å². The summed E-state index contributed by atoms with van der Waals surface area (Å²) in [6, 6.07) is 0. The van der Waals surface area contributed by atoms with E-state index in [0.29, 0.717) is 5.78 Å². The Morgan fingerprint density at radius 1 is 1.55 bits per heavy atom. The summed E-state index contributed by atoms with van der Waals surface area (Å²) in [6.45, 7) is 8.03. The van der Waals surface area contributed by atoms with E-state index >= 15 is 0 Å². The van der Waals surface area contributed by atoms with E-state index in [-0.39, 0.29) is 5.54 Å². The molecule has 0 bridgehead atoms. The number of likely N-dealkylation sites (tertiary alicyclic amines) is 1. The van der Waals surface area contributed by atoms with Crippen molar-refractivity contribution in [2.45, 2.75) is 39.2 Å². The van der Waals surface area contributed by atoms with Crippen LogP contribution < -0.4 is 0 Å². The Labute approximate surface area is 68.6 Å². The fraction of sp³-hybridized carbons (Fsp3) is 0.889. The Bertz CT molecular complexity index is 163. The van der Waals surface area contributed by atoms with E-state index in [2.05, 4.69) is 18.7 Å². The summed E-state index contributed by atoms with van der Waals surface area (Å²) in [5.74, 6) is 0.305. The van der Waals surface area contributed by atoms with Gasteiger partial charge in [0, 0.05) is 13.1 Å². The molecule has 0 aromatic rings. The van der Waals surface area contributed by atoms with Crippen molar-refractivity contribution in [1.29, 1.82) is 0 Å². The van der Waals surface area contributed by atoms with E-state index in [0.717, 1.165) is 19.5 Å². The normalized spacial score (nSPS) is 23.9. The largest absolute Gasteiger partial charge is 0.298 e. The Balaban J connectivity index is 2.65. The highest BCUT2D eigenvalue weighted by Crippen LogP contribution is 2.25. The minimum Gasteiger partial charge on any atom is -0.298 e. The highest BCUT2D eigenvalue weighted by molar-refractivity contribution is 5.85. The van der Waals surface area contributed by atoms with Crippen molar-refractivity contribution >= 4 is 5.78 Å². The van der Waals surface area contributed by atoms with Gasteiger partial charge in [-0.25, -0.2) is 0 Å². The van der Waals surface area contributed by atoms with Crippen LogP contribution in [0.5, 0.6) is 0 Å². The maximum Gasteiger partial charge on any atom is 0.149 e. The van der Waals surface area contributed by atoms with E-state index in [1.807, 2.05) is 0 Å². The predicted molar refractivity (Wildman–Crippen MR) is 45.6 cm³/mol. The molecule has 0 saturated carbocycles. The molecule has 1 aliphatic rings. The first-order valence-electron chi connectivity index (χ1n) is 4.37. The van der Waals surface area contributed by atoms with Crippen molar-refractivity contribution in [3.05, 3.63) is 0 Å². The quantitative estimate of drug-likeness (QED) is 0.615. The lowest BCUT2D eigenvalue weighted by Gasteiger charge is -2.44. The molecule has 0 aromatic heterocycles. The standard InChI is InChI=1S/C9H17NO/c1-4-9(3,8(2)11)10-6-5-7-10/h4-7H2,1-3H3. The highest BCUT2D eigenvalue weighted by atomic mass is 16.1. The van der Waals surface area contributed by atoms with Crippen LogP contribution in [0.3, 0.4) is 0 Å². The van der Waals surface area contributed by atoms with Crippen molar-refractivity contribution < 1.29 is 4.79 Å². The molecule has 0 N–H and O–H groups in total. The summed E-state index contributed by atoms with van der Waals surface area (Å²) in [4.78, 5) is 13.6. The monoisotopic (exact) mass is 155 g/mol. The number of Topliss-reactive ketones (excluding diaryl/α,β-unsaturated/α-hetero) is 1. The number of rotatable bonds is 3. The maximum absolute atomic E-state index is 11.3. The summed E-state index contributed by atoms with van der Waals surface area (Å²) in [6.07, 6.45) is 2.19. The van der Waals surface area contributed by atoms with Crippen molar-refractivity contribution in [3.8, 4) is 0 Å². The van der Waals surface area contributed by atoms with Gasteiger partial charge in [0.15, 0.2) is 0 Å². The van der Waals surface area contributed by atoms with Gasteiger partial charge < -0.3 is 0 Å². The van der Waals surface area contributed by atoms with E-state index in [1.54, 1.807) is 6.92 Å². The maximum atomic E-state index is 11.3. The molecule has 0 radical (unpaired) electrons. The van der Waals surface area contributed by atoms with Crippen LogP contribution in [0.1, 0.15) is 33.6 Å². The number of hydrogen-bond acceptors (Lipinski definition) is 2. The first kappa shape index (κ1) is 8.72. The smallest absolute Gasteiger partial charge is 0.149 e. The van der Waals surface area contributed by atoms with Gasteiger partial charge in [-0.2, -0.15) is 0 Å². The second-order valence-electron chi connectivity index (χ2n) is 3.52. The summed E-state index contributed by atoms with van der Waals surface area (Å²) in [5.41, 5.74) is -0.168. The molecule has 1 fully saturated rings. The van der Waals surface area contributed by atoms with Crippen LogP contribution in [0.2, 0.25) is 0 Å². The first-order chi connectivity index (χ1) is 5.11. The number of carbonyl (C=O) groups is 1. The molecule has 0 spiro atoms. The average Bonchev–Trinajstić information content (AvgIpc) is 1.83. The van der Waals surface area contributed by atoms with E-state index in [9.17, 15) is 4.79 Å². The first-order valence-corrected chi connectivity index (χ1v) is 4.37. The van der Waals surface area contributed by atoms with Gasteiger partial charge in [0.05, 0.1) is 5.54 Å². The van der Waals surface area contributed by atoms with Gasteiger partial charge in [0.25, 0.3) is 0 Å². The molecule has 2 heteroatoms. The SMILES string of the molecule is CCC(C)(C(C)=O)N1CCC1. The third kappa shape index (κ3) is 1.32. The lowest BCUT2D eigenvalue weighted by molar-refractivity contribution is -0.131. The molecule has 1 rings (SSSR count). The van der Waals surface area contributed by atoms with Crippen LogP contribution in [-0.2, 0) is 4.79 Å². The summed E-state index contributed by atoms with van der Waals surface area (Å²) in [7, 11) is 0. The molecule has 11 heavy (non-hydrogen) atoms. The van der Waals surface area contributed by atoms with E-state index < -0.39 is 0 Å². The second kappa shape index (κ2) is 2.94. The van der Waals surface area contributed by atoms with E-state index in [1.165, 1.54) is 6.42 Å². The fourth-order valence-electron chi connectivity index (χ4n) is 1.50. The Morgan fingerprint density at radius 3 is 2.18 bits per heavy atom. The highest BCUT2D eigenvalue weighted by Gasteiger charge is 2.37. The number of hydrogen-bond donors (Lipinski definition) is 0. The van der Waals surface area contributed by atoms with Crippen LogP contribution in [0.25, 0.3) is 0 Å². The molecule has 1 aliphatic heterocycles. The Morgan fingerprint density at radius 2 is 2.09 bits per heavy atom. The lowest BCUT2D eigenvalue weighted by Crippen LogP contribution is -2.57. The zero-order chi connectivity index (χ0) is 8.48. The van der Waals surface area contributed by atoms with Crippen LogP contribution in [0.4, 0.5) is 0 Å². The summed E-state index contributed by atoms with van der Waals surface area (Å²) >= 11 is 0. The molecule has 1 saturated heterocycles.